The molecule has 0 aliphatic heterocycles. The molecule has 2 saturated carbocycles. The second-order valence-electron chi connectivity index (χ2n) is 7.93. The standard InChI is InChI=1S/C21H25N3O3/c1-12(16-10-14-7-8-15(16)9-14)23-20(25)13(2)27-21(26)19-11-22-17-5-3-4-6-18(17)24-19/h3-6,11-16H,7-10H2,1-2H3,(H,23,25). The number of rotatable bonds is 5. The van der Waals surface area contributed by atoms with Crippen LogP contribution in [0.25, 0.3) is 11.0 Å². The highest BCUT2D eigenvalue weighted by molar-refractivity contribution is 5.92. The number of carbonyl (C=O) groups excluding carboxylic acids is 2. The van der Waals surface area contributed by atoms with Gasteiger partial charge in [0.15, 0.2) is 11.8 Å². The third kappa shape index (κ3) is 3.66. The van der Waals surface area contributed by atoms with Crippen molar-refractivity contribution >= 4 is 22.9 Å². The Labute approximate surface area is 158 Å². The summed E-state index contributed by atoms with van der Waals surface area (Å²) in [6, 6.07) is 7.41. The number of hydrogen-bond donors (Lipinski definition) is 1. The number of fused-ring (bicyclic) bond motifs is 3. The Morgan fingerprint density at radius 2 is 1.93 bits per heavy atom. The van der Waals surface area contributed by atoms with Gasteiger partial charge in [-0.15, -0.1) is 0 Å². The van der Waals surface area contributed by atoms with Gasteiger partial charge in [-0.3, -0.25) is 9.78 Å². The molecule has 1 amide bonds. The van der Waals surface area contributed by atoms with Crippen LogP contribution in [0.15, 0.2) is 30.5 Å². The van der Waals surface area contributed by atoms with Gasteiger partial charge in [0.25, 0.3) is 5.91 Å². The van der Waals surface area contributed by atoms with Crippen molar-refractivity contribution in [3.8, 4) is 0 Å². The Kier molecular flexibility index (Phi) is 4.81. The zero-order valence-electron chi connectivity index (χ0n) is 15.7. The van der Waals surface area contributed by atoms with Gasteiger partial charge in [0, 0.05) is 6.04 Å². The summed E-state index contributed by atoms with van der Waals surface area (Å²) in [6.07, 6.45) is 5.63. The summed E-state index contributed by atoms with van der Waals surface area (Å²) < 4.78 is 5.32. The van der Waals surface area contributed by atoms with Gasteiger partial charge in [-0.05, 0) is 63.0 Å². The monoisotopic (exact) mass is 367 g/mol. The maximum atomic E-state index is 12.5. The van der Waals surface area contributed by atoms with E-state index in [0.717, 1.165) is 11.8 Å². The van der Waals surface area contributed by atoms with E-state index >= 15 is 0 Å². The molecule has 5 atom stereocenters. The summed E-state index contributed by atoms with van der Waals surface area (Å²) in [4.78, 5) is 33.3. The van der Waals surface area contributed by atoms with Crippen LogP contribution in [0, 0.1) is 17.8 Å². The minimum Gasteiger partial charge on any atom is -0.448 e. The topological polar surface area (TPSA) is 81.2 Å². The first-order valence-corrected chi connectivity index (χ1v) is 9.74. The molecule has 2 bridgehead atoms. The molecule has 1 aromatic carbocycles. The normalized spacial score (nSPS) is 25.9. The Morgan fingerprint density at radius 3 is 2.63 bits per heavy atom. The highest BCUT2D eigenvalue weighted by Gasteiger charge is 2.42. The predicted molar refractivity (Wildman–Crippen MR) is 101 cm³/mol. The van der Waals surface area contributed by atoms with Crippen molar-refractivity contribution in [2.24, 2.45) is 17.8 Å². The molecule has 2 fully saturated rings. The molecule has 2 aromatic rings. The van der Waals surface area contributed by atoms with Crippen LogP contribution >= 0.6 is 0 Å². The van der Waals surface area contributed by atoms with E-state index in [4.69, 9.17) is 4.74 Å². The summed E-state index contributed by atoms with van der Waals surface area (Å²) in [5, 5.41) is 3.04. The van der Waals surface area contributed by atoms with Gasteiger partial charge in [-0.1, -0.05) is 18.6 Å². The predicted octanol–water partition coefficient (Wildman–Crippen LogP) is 3.12. The SMILES string of the molecule is CC(OC(=O)c1cnc2ccccc2n1)C(=O)NC(C)C1CC2CCC1C2. The fraction of sp³-hybridized carbons (Fsp3) is 0.524. The molecular formula is C21H25N3O3. The molecule has 2 aliphatic rings. The Bertz CT molecular complexity index is 869. The fourth-order valence-corrected chi connectivity index (χ4v) is 4.69. The van der Waals surface area contributed by atoms with Crippen molar-refractivity contribution in [3.63, 3.8) is 0 Å². The van der Waals surface area contributed by atoms with E-state index in [1.807, 2.05) is 18.2 Å². The van der Waals surface area contributed by atoms with Crippen molar-refractivity contribution in [3.05, 3.63) is 36.2 Å². The molecule has 6 heteroatoms. The van der Waals surface area contributed by atoms with E-state index in [2.05, 4.69) is 22.2 Å². The van der Waals surface area contributed by atoms with E-state index in [1.165, 1.54) is 31.9 Å². The van der Waals surface area contributed by atoms with Crippen molar-refractivity contribution in [2.75, 3.05) is 0 Å². The lowest BCUT2D eigenvalue weighted by atomic mass is 9.84. The first-order valence-electron chi connectivity index (χ1n) is 9.74. The summed E-state index contributed by atoms with van der Waals surface area (Å²) in [6.45, 7) is 3.65. The number of carbonyl (C=O) groups is 2. The average Bonchev–Trinajstić information content (AvgIpc) is 3.31. The van der Waals surface area contributed by atoms with E-state index < -0.39 is 12.1 Å². The van der Waals surface area contributed by atoms with Gasteiger partial charge < -0.3 is 10.1 Å². The zero-order chi connectivity index (χ0) is 19.0. The van der Waals surface area contributed by atoms with E-state index in [1.54, 1.807) is 13.0 Å². The lowest BCUT2D eigenvalue weighted by Gasteiger charge is -2.29. The van der Waals surface area contributed by atoms with Crippen molar-refractivity contribution in [1.29, 1.82) is 0 Å². The number of para-hydroxylation sites is 2. The molecule has 1 N–H and O–H groups in total. The number of aromatic nitrogens is 2. The highest BCUT2D eigenvalue weighted by Crippen LogP contribution is 2.49. The quantitative estimate of drug-likeness (QED) is 0.821. The number of nitrogens with one attached hydrogen (secondary N) is 1. The van der Waals surface area contributed by atoms with Gasteiger partial charge in [0.2, 0.25) is 0 Å². The minimum absolute atomic E-state index is 0.106. The molecule has 1 aromatic heterocycles. The molecule has 0 spiro atoms. The van der Waals surface area contributed by atoms with E-state index in [0.29, 0.717) is 17.0 Å². The number of amides is 1. The minimum atomic E-state index is -0.869. The highest BCUT2D eigenvalue weighted by atomic mass is 16.5. The Morgan fingerprint density at radius 1 is 1.15 bits per heavy atom. The van der Waals surface area contributed by atoms with Crippen LogP contribution in [0.3, 0.4) is 0 Å². The molecule has 1 heterocycles. The lowest BCUT2D eigenvalue weighted by Crippen LogP contribution is -2.45. The van der Waals surface area contributed by atoms with E-state index in [-0.39, 0.29) is 17.6 Å². The van der Waals surface area contributed by atoms with Gasteiger partial charge in [0.05, 0.1) is 17.2 Å². The number of hydrogen-bond acceptors (Lipinski definition) is 5. The summed E-state index contributed by atoms with van der Waals surface area (Å²) >= 11 is 0. The van der Waals surface area contributed by atoms with Crippen LogP contribution in [0.1, 0.15) is 50.0 Å². The molecule has 142 valence electrons. The molecule has 2 aliphatic carbocycles. The largest absolute Gasteiger partial charge is 0.448 e. The number of ether oxygens (including phenoxy) is 1. The second kappa shape index (κ2) is 7.25. The fourth-order valence-electron chi connectivity index (χ4n) is 4.69. The third-order valence-electron chi connectivity index (χ3n) is 6.12. The maximum Gasteiger partial charge on any atom is 0.359 e. The van der Waals surface area contributed by atoms with Crippen molar-refractivity contribution < 1.29 is 14.3 Å². The molecule has 27 heavy (non-hydrogen) atoms. The van der Waals surface area contributed by atoms with Gasteiger partial charge in [-0.25, -0.2) is 9.78 Å². The van der Waals surface area contributed by atoms with Gasteiger partial charge >= 0.3 is 5.97 Å². The van der Waals surface area contributed by atoms with Crippen LogP contribution in [0.4, 0.5) is 0 Å². The molecule has 5 unspecified atom stereocenters. The zero-order valence-corrected chi connectivity index (χ0v) is 15.7. The van der Waals surface area contributed by atoms with Crippen LogP contribution in [0.2, 0.25) is 0 Å². The summed E-state index contributed by atoms with van der Waals surface area (Å²) in [5.74, 6) is 1.22. The number of benzene rings is 1. The van der Waals surface area contributed by atoms with E-state index in [9.17, 15) is 9.59 Å². The maximum absolute atomic E-state index is 12.5. The first kappa shape index (κ1) is 17.9. The molecule has 0 radical (unpaired) electrons. The molecular weight excluding hydrogens is 342 g/mol. The average molecular weight is 367 g/mol. The summed E-state index contributed by atoms with van der Waals surface area (Å²) in [7, 11) is 0. The number of esters is 1. The number of nitrogens with zero attached hydrogens (tertiary/aromatic N) is 2. The second-order valence-corrected chi connectivity index (χ2v) is 7.93. The van der Waals surface area contributed by atoms with Crippen LogP contribution in [0.5, 0.6) is 0 Å². The van der Waals surface area contributed by atoms with Gasteiger partial charge in [-0.2, -0.15) is 0 Å². The first-order chi connectivity index (χ1) is 13.0. The Hall–Kier alpha value is -2.50. The molecule has 6 nitrogen and oxygen atoms in total. The Balaban J connectivity index is 1.35. The summed E-state index contributed by atoms with van der Waals surface area (Å²) in [5.41, 5.74) is 1.43. The van der Waals surface area contributed by atoms with Crippen molar-refractivity contribution in [1.82, 2.24) is 15.3 Å². The smallest absolute Gasteiger partial charge is 0.359 e. The molecule has 4 rings (SSSR count). The molecule has 0 saturated heterocycles. The van der Waals surface area contributed by atoms with Crippen LogP contribution in [-0.2, 0) is 9.53 Å². The third-order valence-corrected chi connectivity index (χ3v) is 6.12. The van der Waals surface area contributed by atoms with Crippen LogP contribution in [-0.4, -0.2) is 34.0 Å². The van der Waals surface area contributed by atoms with Crippen molar-refractivity contribution in [2.45, 2.75) is 51.7 Å². The lowest BCUT2D eigenvalue weighted by molar-refractivity contribution is -0.130. The van der Waals surface area contributed by atoms with Crippen LogP contribution < -0.4 is 5.32 Å². The van der Waals surface area contributed by atoms with Gasteiger partial charge in [0.1, 0.15) is 0 Å².